The lowest BCUT2D eigenvalue weighted by atomic mass is 10.1. The molecule has 0 spiro atoms. The van der Waals surface area contributed by atoms with Gasteiger partial charge in [-0.25, -0.2) is 0 Å². The molecule has 0 radical (unpaired) electrons. The van der Waals surface area contributed by atoms with E-state index in [1.54, 1.807) is 0 Å². The van der Waals surface area contributed by atoms with Crippen LogP contribution in [0.2, 0.25) is 0 Å². The molecule has 1 aliphatic heterocycles. The smallest absolute Gasteiger partial charge is 0.0663 e. The molecule has 62 valence electrons. The van der Waals surface area contributed by atoms with Gasteiger partial charge in [0.05, 0.1) is 6.04 Å². The SMILES string of the molecule is CC1=NC(CN(C)C)CC=C1. The molecule has 1 atom stereocenters. The summed E-state index contributed by atoms with van der Waals surface area (Å²) in [7, 11) is 4.17. The van der Waals surface area contributed by atoms with Crippen molar-refractivity contribution in [2.45, 2.75) is 19.4 Å². The summed E-state index contributed by atoms with van der Waals surface area (Å²) in [5.41, 5.74) is 1.16. The summed E-state index contributed by atoms with van der Waals surface area (Å²) in [6, 6.07) is 0.481. The Morgan fingerprint density at radius 1 is 1.64 bits per heavy atom. The van der Waals surface area contributed by atoms with Gasteiger partial charge in [0.15, 0.2) is 0 Å². The third kappa shape index (κ3) is 2.85. The molecular formula is C9H16N2. The van der Waals surface area contributed by atoms with Gasteiger partial charge in [0, 0.05) is 12.3 Å². The first-order valence-electron chi connectivity index (χ1n) is 4.04. The molecule has 0 aromatic heterocycles. The number of hydrogen-bond donors (Lipinski definition) is 0. The van der Waals surface area contributed by atoms with E-state index in [1.165, 1.54) is 0 Å². The van der Waals surface area contributed by atoms with Crippen LogP contribution in [-0.2, 0) is 0 Å². The van der Waals surface area contributed by atoms with E-state index in [2.05, 4.69) is 43.1 Å². The molecule has 0 amide bonds. The van der Waals surface area contributed by atoms with Crippen LogP contribution >= 0.6 is 0 Å². The summed E-state index contributed by atoms with van der Waals surface area (Å²) in [4.78, 5) is 6.69. The maximum atomic E-state index is 4.51. The van der Waals surface area contributed by atoms with Crippen molar-refractivity contribution in [1.29, 1.82) is 0 Å². The Labute approximate surface area is 68.6 Å². The van der Waals surface area contributed by atoms with Gasteiger partial charge in [0.2, 0.25) is 0 Å². The Kier molecular flexibility index (Phi) is 2.83. The first-order valence-corrected chi connectivity index (χ1v) is 4.04. The van der Waals surface area contributed by atoms with E-state index < -0.39 is 0 Å². The second-order valence-corrected chi connectivity index (χ2v) is 3.32. The largest absolute Gasteiger partial charge is 0.307 e. The fraction of sp³-hybridized carbons (Fsp3) is 0.667. The van der Waals surface area contributed by atoms with E-state index in [-0.39, 0.29) is 0 Å². The van der Waals surface area contributed by atoms with Crippen LogP contribution < -0.4 is 0 Å². The molecule has 0 fully saturated rings. The van der Waals surface area contributed by atoms with E-state index in [0.29, 0.717) is 6.04 Å². The van der Waals surface area contributed by atoms with Crippen molar-refractivity contribution >= 4 is 5.71 Å². The minimum atomic E-state index is 0.481. The highest BCUT2D eigenvalue weighted by atomic mass is 15.1. The van der Waals surface area contributed by atoms with E-state index in [4.69, 9.17) is 0 Å². The van der Waals surface area contributed by atoms with Gasteiger partial charge < -0.3 is 4.90 Å². The van der Waals surface area contributed by atoms with Crippen molar-refractivity contribution in [1.82, 2.24) is 4.90 Å². The van der Waals surface area contributed by atoms with Crippen molar-refractivity contribution in [2.75, 3.05) is 20.6 Å². The molecule has 1 rings (SSSR count). The fourth-order valence-corrected chi connectivity index (χ4v) is 1.32. The summed E-state index contributed by atoms with van der Waals surface area (Å²) in [5, 5.41) is 0. The molecule has 1 heterocycles. The number of allylic oxidation sites excluding steroid dienone is 1. The first-order chi connectivity index (χ1) is 5.18. The number of aliphatic imine (C=N–C) groups is 1. The lowest BCUT2D eigenvalue weighted by Crippen LogP contribution is -2.26. The second kappa shape index (κ2) is 3.67. The minimum Gasteiger partial charge on any atom is -0.307 e. The first kappa shape index (κ1) is 8.47. The third-order valence-electron chi connectivity index (χ3n) is 1.73. The molecule has 1 unspecified atom stereocenters. The van der Waals surface area contributed by atoms with Gasteiger partial charge in [-0.15, -0.1) is 0 Å². The van der Waals surface area contributed by atoms with Gasteiger partial charge >= 0.3 is 0 Å². The highest BCUT2D eigenvalue weighted by Crippen LogP contribution is 2.06. The van der Waals surface area contributed by atoms with Crippen molar-refractivity contribution in [2.24, 2.45) is 4.99 Å². The lowest BCUT2D eigenvalue weighted by Gasteiger charge is -2.18. The zero-order valence-corrected chi connectivity index (χ0v) is 7.54. The molecule has 0 aliphatic carbocycles. The van der Waals surface area contributed by atoms with Crippen LogP contribution in [0.4, 0.5) is 0 Å². The molecule has 0 saturated carbocycles. The van der Waals surface area contributed by atoms with Crippen molar-refractivity contribution in [3.63, 3.8) is 0 Å². The number of rotatable bonds is 2. The summed E-state index contributed by atoms with van der Waals surface area (Å²) < 4.78 is 0. The van der Waals surface area contributed by atoms with Crippen LogP contribution in [0.5, 0.6) is 0 Å². The Balaban J connectivity index is 2.44. The van der Waals surface area contributed by atoms with Crippen molar-refractivity contribution in [3.05, 3.63) is 12.2 Å². The summed E-state index contributed by atoms with van der Waals surface area (Å²) in [5.74, 6) is 0. The number of nitrogens with zero attached hydrogens (tertiary/aromatic N) is 2. The van der Waals surface area contributed by atoms with Crippen molar-refractivity contribution in [3.8, 4) is 0 Å². The Bertz CT molecular complexity index is 180. The Morgan fingerprint density at radius 2 is 2.36 bits per heavy atom. The van der Waals surface area contributed by atoms with E-state index in [1.807, 2.05) is 0 Å². The van der Waals surface area contributed by atoms with E-state index in [0.717, 1.165) is 18.7 Å². The van der Waals surface area contributed by atoms with Crippen LogP contribution in [0.25, 0.3) is 0 Å². The van der Waals surface area contributed by atoms with E-state index >= 15 is 0 Å². The van der Waals surface area contributed by atoms with Crippen LogP contribution in [0.1, 0.15) is 13.3 Å². The van der Waals surface area contributed by atoms with Crippen LogP contribution in [0, 0.1) is 0 Å². The molecule has 2 heteroatoms. The minimum absolute atomic E-state index is 0.481. The lowest BCUT2D eigenvalue weighted by molar-refractivity contribution is 0.373. The normalized spacial score (nSPS) is 24.0. The van der Waals surface area contributed by atoms with E-state index in [9.17, 15) is 0 Å². The van der Waals surface area contributed by atoms with Crippen molar-refractivity contribution < 1.29 is 0 Å². The average molecular weight is 152 g/mol. The Morgan fingerprint density at radius 3 is 2.91 bits per heavy atom. The average Bonchev–Trinajstić information content (AvgIpc) is 1.85. The van der Waals surface area contributed by atoms with Gasteiger partial charge in [-0.1, -0.05) is 6.08 Å². The standard InChI is InChI=1S/C9H16N2/c1-8-5-4-6-9(10-8)7-11(2)3/h4-5,9H,6-7H2,1-3H3. The fourth-order valence-electron chi connectivity index (χ4n) is 1.32. The van der Waals surface area contributed by atoms with Crippen LogP contribution in [0.15, 0.2) is 17.1 Å². The molecule has 0 saturated heterocycles. The monoisotopic (exact) mass is 152 g/mol. The molecule has 11 heavy (non-hydrogen) atoms. The maximum Gasteiger partial charge on any atom is 0.0663 e. The third-order valence-corrected chi connectivity index (χ3v) is 1.73. The van der Waals surface area contributed by atoms with Gasteiger partial charge in [-0.2, -0.15) is 0 Å². The highest BCUT2D eigenvalue weighted by Gasteiger charge is 2.08. The zero-order valence-electron chi connectivity index (χ0n) is 7.54. The van der Waals surface area contributed by atoms with Gasteiger partial charge in [0.1, 0.15) is 0 Å². The molecule has 2 nitrogen and oxygen atoms in total. The van der Waals surface area contributed by atoms with Gasteiger partial charge in [0.25, 0.3) is 0 Å². The van der Waals surface area contributed by atoms with Gasteiger partial charge in [-0.05, 0) is 33.5 Å². The van der Waals surface area contributed by atoms with Gasteiger partial charge in [-0.3, -0.25) is 4.99 Å². The van der Waals surface area contributed by atoms with Crippen LogP contribution in [0.3, 0.4) is 0 Å². The molecule has 0 N–H and O–H groups in total. The highest BCUT2D eigenvalue weighted by molar-refractivity contribution is 5.93. The number of hydrogen-bond acceptors (Lipinski definition) is 2. The summed E-state index contributed by atoms with van der Waals surface area (Å²) >= 11 is 0. The quantitative estimate of drug-likeness (QED) is 0.583. The number of dihydropyridines is 1. The second-order valence-electron chi connectivity index (χ2n) is 3.32. The summed E-state index contributed by atoms with van der Waals surface area (Å²) in [6.45, 7) is 3.11. The molecular weight excluding hydrogens is 136 g/mol. The number of likely N-dealkylation sites (N-methyl/N-ethyl adjacent to an activating group) is 1. The molecule has 0 bridgehead atoms. The Hall–Kier alpha value is -0.630. The maximum absolute atomic E-state index is 4.51. The van der Waals surface area contributed by atoms with Crippen LogP contribution in [-0.4, -0.2) is 37.3 Å². The predicted molar refractivity (Wildman–Crippen MR) is 49.2 cm³/mol. The molecule has 0 aromatic rings. The zero-order chi connectivity index (χ0) is 8.27. The molecule has 1 aliphatic rings. The molecule has 0 aromatic carbocycles. The topological polar surface area (TPSA) is 15.6 Å². The summed E-state index contributed by atoms with van der Waals surface area (Å²) in [6.07, 6.45) is 5.39. The predicted octanol–water partition coefficient (Wildman–Crippen LogP) is 1.34.